The molecule has 31 heavy (non-hydrogen) atoms. The van der Waals surface area contributed by atoms with Crippen LogP contribution >= 0.6 is 0 Å². The van der Waals surface area contributed by atoms with Crippen molar-refractivity contribution in [2.75, 3.05) is 19.7 Å². The Balaban J connectivity index is 1.31. The minimum absolute atomic E-state index is 0.0143. The van der Waals surface area contributed by atoms with Crippen LogP contribution in [-0.2, 0) is 16.0 Å². The van der Waals surface area contributed by atoms with Gasteiger partial charge in [-0.2, -0.15) is 4.98 Å². The van der Waals surface area contributed by atoms with Crippen LogP contribution in [0.5, 0.6) is 0 Å². The highest BCUT2D eigenvalue weighted by molar-refractivity contribution is 5.90. The molecule has 0 bridgehead atoms. The number of ether oxygens (including phenoxy) is 1. The summed E-state index contributed by atoms with van der Waals surface area (Å²) in [5.74, 6) is 0.761. The number of fused-ring (bicyclic) bond motifs is 1. The Morgan fingerprint density at radius 2 is 2.16 bits per heavy atom. The molecule has 0 N–H and O–H groups in total. The van der Waals surface area contributed by atoms with Crippen LogP contribution in [0.1, 0.15) is 28.7 Å². The van der Waals surface area contributed by atoms with Crippen molar-refractivity contribution in [2.45, 2.75) is 26.4 Å². The molecule has 0 unspecified atom stereocenters. The van der Waals surface area contributed by atoms with Crippen LogP contribution in [0.4, 0.5) is 0 Å². The molecular formula is C23H22N4O4. The molecule has 0 aliphatic carbocycles. The second kappa shape index (κ2) is 7.96. The van der Waals surface area contributed by atoms with Crippen molar-refractivity contribution < 1.29 is 18.5 Å². The lowest BCUT2D eigenvalue weighted by molar-refractivity contribution is -0.139. The minimum atomic E-state index is -0.465. The van der Waals surface area contributed by atoms with Gasteiger partial charge in [-0.05, 0) is 43.2 Å². The zero-order valence-corrected chi connectivity index (χ0v) is 17.4. The Morgan fingerprint density at radius 3 is 3.00 bits per heavy atom. The summed E-state index contributed by atoms with van der Waals surface area (Å²) in [4.78, 5) is 23.5. The first kappa shape index (κ1) is 19.4. The van der Waals surface area contributed by atoms with Crippen LogP contribution in [-0.4, -0.2) is 45.6 Å². The maximum atomic E-state index is 13.0. The number of rotatable bonds is 4. The molecular weight excluding hydrogens is 396 g/mol. The number of benzene rings is 1. The van der Waals surface area contributed by atoms with E-state index in [0.29, 0.717) is 37.1 Å². The van der Waals surface area contributed by atoms with Crippen LogP contribution in [0.25, 0.3) is 22.5 Å². The molecule has 8 heteroatoms. The quantitative estimate of drug-likeness (QED) is 0.499. The van der Waals surface area contributed by atoms with E-state index < -0.39 is 6.10 Å². The zero-order chi connectivity index (χ0) is 21.4. The average Bonchev–Trinajstić information content (AvgIpc) is 3.42. The van der Waals surface area contributed by atoms with Crippen molar-refractivity contribution in [1.29, 1.82) is 0 Å². The number of hydrogen-bond acceptors (Lipinski definition) is 7. The van der Waals surface area contributed by atoms with Gasteiger partial charge < -0.3 is 18.6 Å². The summed E-state index contributed by atoms with van der Waals surface area (Å²) in [6.07, 6.45) is 3.16. The third-order valence-electron chi connectivity index (χ3n) is 5.46. The van der Waals surface area contributed by atoms with Gasteiger partial charge in [0.1, 0.15) is 11.3 Å². The molecule has 1 aliphatic rings. The number of hydrogen-bond donors (Lipinski definition) is 0. The second-order valence-electron chi connectivity index (χ2n) is 7.76. The molecule has 8 nitrogen and oxygen atoms in total. The van der Waals surface area contributed by atoms with Crippen molar-refractivity contribution in [2.24, 2.45) is 0 Å². The van der Waals surface area contributed by atoms with E-state index in [1.807, 2.05) is 38.1 Å². The number of morpholine rings is 1. The maximum absolute atomic E-state index is 13.0. The van der Waals surface area contributed by atoms with Gasteiger partial charge >= 0.3 is 0 Å². The topological polar surface area (TPSA) is 94.5 Å². The molecule has 0 saturated carbocycles. The highest BCUT2D eigenvalue weighted by Gasteiger charge is 2.30. The Bertz CT molecular complexity index is 1230. The molecule has 3 aromatic heterocycles. The second-order valence-corrected chi connectivity index (χ2v) is 7.76. The highest BCUT2D eigenvalue weighted by atomic mass is 16.5. The van der Waals surface area contributed by atoms with Crippen LogP contribution < -0.4 is 0 Å². The first-order valence-corrected chi connectivity index (χ1v) is 10.2. The van der Waals surface area contributed by atoms with Crippen molar-refractivity contribution >= 4 is 16.9 Å². The molecule has 4 aromatic rings. The van der Waals surface area contributed by atoms with Gasteiger partial charge in [0, 0.05) is 23.7 Å². The highest BCUT2D eigenvalue weighted by Crippen LogP contribution is 2.28. The fraction of sp³-hybridized carbons (Fsp3) is 0.304. The van der Waals surface area contributed by atoms with E-state index in [4.69, 9.17) is 13.7 Å². The van der Waals surface area contributed by atoms with Gasteiger partial charge in [0.25, 0.3) is 5.89 Å². The largest absolute Gasteiger partial charge is 0.464 e. The Morgan fingerprint density at radius 1 is 1.26 bits per heavy atom. The number of carbonyl (C=O) groups excluding carboxylic acids is 1. The third-order valence-corrected chi connectivity index (χ3v) is 5.46. The van der Waals surface area contributed by atoms with Crippen molar-refractivity contribution in [1.82, 2.24) is 20.0 Å². The number of carbonyl (C=O) groups is 1. The monoisotopic (exact) mass is 418 g/mol. The summed E-state index contributed by atoms with van der Waals surface area (Å²) >= 11 is 0. The van der Waals surface area contributed by atoms with Crippen molar-refractivity contribution in [3.63, 3.8) is 0 Å². The summed E-state index contributed by atoms with van der Waals surface area (Å²) < 4.78 is 16.9. The Labute approximate surface area is 178 Å². The predicted molar refractivity (Wildman–Crippen MR) is 112 cm³/mol. The van der Waals surface area contributed by atoms with E-state index in [9.17, 15) is 4.79 Å². The number of aromatic nitrogens is 3. The van der Waals surface area contributed by atoms with Crippen molar-refractivity contribution in [3.8, 4) is 11.5 Å². The molecule has 1 fully saturated rings. The van der Waals surface area contributed by atoms with Crippen LogP contribution in [0.2, 0.25) is 0 Å². The van der Waals surface area contributed by atoms with E-state index in [1.54, 1.807) is 17.4 Å². The fourth-order valence-corrected chi connectivity index (χ4v) is 4.02. The standard InChI is InChI=1S/C23H22N4O4/c1-14-9-15(2)21-16(13-30-18(21)10-14)11-20(28)27-7-8-29-19(12-27)23-25-22(26-31-23)17-5-3-4-6-24-17/h3-6,9-10,13,19H,7-8,11-12H2,1-2H3/t19-/m1/s1. The molecule has 1 aliphatic heterocycles. The van der Waals surface area contributed by atoms with E-state index in [-0.39, 0.29) is 12.3 Å². The van der Waals surface area contributed by atoms with Gasteiger partial charge in [-0.25, -0.2) is 0 Å². The molecule has 1 saturated heterocycles. The number of pyridine rings is 1. The smallest absolute Gasteiger partial charge is 0.257 e. The molecule has 1 amide bonds. The molecule has 0 radical (unpaired) electrons. The number of aryl methyl sites for hydroxylation is 2. The minimum Gasteiger partial charge on any atom is -0.464 e. The van der Waals surface area contributed by atoms with Gasteiger partial charge in [-0.15, -0.1) is 0 Å². The average molecular weight is 418 g/mol. The van der Waals surface area contributed by atoms with Gasteiger partial charge in [-0.1, -0.05) is 17.3 Å². The summed E-state index contributed by atoms with van der Waals surface area (Å²) in [7, 11) is 0. The molecule has 1 atom stereocenters. The molecule has 4 heterocycles. The summed E-state index contributed by atoms with van der Waals surface area (Å²) in [5.41, 5.74) is 4.58. The molecule has 0 spiro atoms. The molecule has 158 valence electrons. The van der Waals surface area contributed by atoms with E-state index in [2.05, 4.69) is 21.2 Å². The maximum Gasteiger partial charge on any atom is 0.257 e. The van der Waals surface area contributed by atoms with Gasteiger partial charge in [0.05, 0.1) is 25.8 Å². The Kier molecular flexibility index (Phi) is 4.99. The predicted octanol–water partition coefficient (Wildman–Crippen LogP) is 3.64. The fourth-order valence-electron chi connectivity index (χ4n) is 4.02. The summed E-state index contributed by atoms with van der Waals surface area (Å²) in [5, 5.41) is 5.01. The number of nitrogens with zero attached hydrogens (tertiary/aromatic N) is 4. The van der Waals surface area contributed by atoms with Gasteiger partial charge in [0.2, 0.25) is 11.7 Å². The van der Waals surface area contributed by atoms with Gasteiger partial charge in [0.15, 0.2) is 6.10 Å². The first-order chi connectivity index (χ1) is 15.1. The normalized spacial score (nSPS) is 16.7. The lowest BCUT2D eigenvalue weighted by Gasteiger charge is -2.31. The SMILES string of the molecule is Cc1cc(C)c2c(CC(=O)N3CCO[C@@H](c4nc(-c5ccccn5)no4)C3)coc2c1. The van der Waals surface area contributed by atoms with E-state index in [1.165, 1.54) is 0 Å². The van der Waals surface area contributed by atoms with Crippen LogP contribution in [0, 0.1) is 13.8 Å². The lowest BCUT2D eigenvalue weighted by atomic mass is 10.0. The van der Waals surface area contributed by atoms with E-state index in [0.717, 1.165) is 27.7 Å². The third kappa shape index (κ3) is 3.82. The van der Waals surface area contributed by atoms with Crippen LogP contribution in [0.15, 0.2) is 51.7 Å². The Hall–Kier alpha value is -3.52. The van der Waals surface area contributed by atoms with E-state index >= 15 is 0 Å². The summed E-state index contributed by atoms with van der Waals surface area (Å²) in [6.45, 7) is 5.35. The first-order valence-electron chi connectivity index (χ1n) is 10.2. The lowest BCUT2D eigenvalue weighted by Crippen LogP contribution is -2.43. The number of furan rings is 1. The van der Waals surface area contributed by atoms with Crippen molar-refractivity contribution in [3.05, 3.63) is 65.4 Å². The molecule has 5 rings (SSSR count). The summed E-state index contributed by atoms with van der Waals surface area (Å²) in [6, 6.07) is 9.59. The van der Waals surface area contributed by atoms with Gasteiger partial charge in [-0.3, -0.25) is 9.78 Å². The van der Waals surface area contributed by atoms with Crippen LogP contribution in [0.3, 0.4) is 0 Å². The number of amides is 1. The molecule has 1 aromatic carbocycles. The zero-order valence-electron chi connectivity index (χ0n) is 17.4.